The van der Waals surface area contributed by atoms with Crippen molar-refractivity contribution in [3.8, 4) is 17.2 Å². The van der Waals surface area contributed by atoms with Crippen molar-refractivity contribution in [3.63, 3.8) is 0 Å². The summed E-state index contributed by atoms with van der Waals surface area (Å²) in [6, 6.07) is 12.7. The Kier molecular flexibility index (Phi) is 8.14. The predicted molar refractivity (Wildman–Crippen MR) is 111 cm³/mol. The van der Waals surface area contributed by atoms with Crippen molar-refractivity contribution in [1.82, 2.24) is 5.32 Å². The molecule has 28 heavy (non-hydrogen) atoms. The number of benzene rings is 2. The number of anilines is 1. The maximum absolute atomic E-state index is 12.6. The summed E-state index contributed by atoms with van der Waals surface area (Å²) in [6.45, 7) is 8.86. The first-order chi connectivity index (χ1) is 13.5. The number of hydrogen-bond donors (Lipinski definition) is 2. The highest BCUT2D eigenvalue weighted by molar-refractivity contribution is 5.95. The van der Waals surface area contributed by atoms with Gasteiger partial charge in [0.05, 0.1) is 32.1 Å². The van der Waals surface area contributed by atoms with Gasteiger partial charge in [0, 0.05) is 6.04 Å². The van der Waals surface area contributed by atoms with E-state index >= 15 is 0 Å². The first-order valence-corrected chi connectivity index (χ1v) is 9.59. The van der Waals surface area contributed by atoms with E-state index in [9.17, 15) is 4.79 Å². The average Bonchev–Trinajstić information content (AvgIpc) is 2.69. The average molecular weight is 386 g/mol. The number of rotatable bonds is 10. The topological polar surface area (TPSA) is 68.8 Å². The van der Waals surface area contributed by atoms with Gasteiger partial charge in [-0.3, -0.25) is 10.1 Å². The Labute approximate surface area is 167 Å². The van der Waals surface area contributed by atoms with E-state index in [0.717, 1.165) is 11.3 Å². The summed E-state index contributed by atoms with van der Waals surface area (Å²) in [7, 11) is 1.58. The van der Waals surface area contributed by atoms with Crippen LogP contribution in [0.5, 0.6) is 17.2 Å². The van der Waals surface area contributed by atoms with Crippen molar-refractivity contribution in [2.24, 2.45) is 0 Å². The fourth-order valence-electron chi connectivity index (χ4n) is 2.87. The predicted octanol–water partition coefficient (Wildman–Crippen LogP) is 4.17. The van der Waals surface area contributed by atoms with Crippen LogP contribution in [0.25, 0.3) is 0 Å². The lowest BCUT2D eigenvalue weighted by Crippen LogP contribution is -2.39. The molecule has 6 nitrogen and oxygen atoms in total. The second-order valence-electron chi connectivity index (χ2n) is 6.37. The van der Waals surface area contributed by atoms with Crippen LogP contribution in [0.4, 0.5) is 5.69 Å². The molecule has 0 radical (unpaired) electrons. The van der Waals surface area contributed by atoms with Crippen LogP contribution in [-0.4, -0.2) is 32.3 Å². The van der Waals surface area contributed by atoms with Crippen molar-refractivity contribution >= 4 is 11.6 Å². The SMILES string of the molecule is CCOc1ccc([C@@H](C)N[C@@H](C)C(=O)Nc2ccccc2OC)cc1OCC. The van der Waals surface area contributed by atoms with E-state index in [-0.39, 0.29) is 11.9 Å². The molecule has 0 saturated heterocycles. The lowest BCUT2D eigenvalue weighted by Gasteiger charge is -2.21. The fourth-order valence-corrected chi connectivity index (χ4v) is 2.87. The minimum atomic E-state index is -0.401. The van der Waals surface area contributed by atoms with Crippen LogP contribution in [0.3, 0.4) is 0 Å². The Bertz CT molecular complexity index is 779. The van der Waals surface area contributed by atoms with Gasteiger partial charge in [0.25, 0.3) is 0 Å². The quantitative estimate of drug-likeness (QED) is 0.641. The third-order valence-electron chi connectivity index (χ3n) is 4.33. The van der Waals surface area contributed by atoms with E-state index in [1.54, 1.807) is 7.11 Å². The summed E-state index contributed by atoms with van der Waals surface area (Å²) in [5.74, 6) is 1.93. The van der Waals surface area contributed by atoms with Crippen molar-refractivity contribution in [1.29, 1.82) is 0 Å². The molecule has 2 N–H and O–H groups in total. The summed E-state index contributed by atoms with van der Waals surface area (Å²) >= 11 is 0. The van der Waals surface area contributed by atoms with E-state index < -0.39 is 6.04 Å². The Hall–Kier alpha value is -2.73. The lowest BCUT2D eigenvalue weighted by molar-refractivity contribution is -0.117. The molecular weight excluding hydrogens is 356 g/mol. The van der Waals surface area contributed by atoms with Gasteiger partial charge in [0.2, 0.25) is 5.91 Å². The molecule has 2 aromatic rings. The number of nitrogens with one attached hydrogen (secondary N) is 2. The molecule has 0 heterocycles. The molecule has 0 unspecified atom stereocenters. The maximum atomic E-state index is 12.6. The highest BCUT2D eigenvalue weighted by Crippen LogP contribution is 2.31. The summed E-state index contributed by atoms with van der Waals surface area (Å²) in [5.41, 5.74) is 1.67. The summed E-state index contributed by atoms with van der Waals surface area (Å²) in [5, 5.41) is 6.23. The van der Waals surface area contributed by atoms with Gasteiger partial charge >= 0.3 is 0 Å². The molecule has 2 rings (SSSR count). The molecule has 0 aliphatic carbocycles. The Balaban J connectivity index is 2.05. The van der Waals surface area contributed by atoms with Gasteiger partial charge in [-0.25, -0.2) is 0 Å². The van der Waals surface area contributed by atoms with Crippen molar-refractivity contribution in [2.45, 2.75) is 39.8 Å². The van der Waals surface area contributed by atoms with Gasteiger partial charge < -0.3 is 19.5 Å². The Morgan fingerprint density at radius 3 is 2.32 bits per heavy atom. The van der Waals surface area contributed by atoms with Gasteiger partial charge in [0.1, 0.15) is 5.75 Å². The standard InChI is InChI=1S/C22H30N2O4/c1-6-27-20-13-12-17(14-21(20)28-7-2)15(3)23-16(4)22(25)24-18-10-8-9-11-19(18)26-5/h8-16,23H,6-7H2,1-5H3,(H,24,25)/t15-,16+/m1/s1. The number of carbonyl (C=O) groups excluding carboxylic acids is 1. The molecule has 2 atom stereocenters. The van der Waals surface area contributed by atoms with Crippen LogP contribution < -0.4 is 24.8 Å². The first-order valence-electron chi connectivity index (χ1n) is 9.59. The number of para-hydroxylation sites is 2. The van der Waals surface area contributed by atoms with Crippen LogP contribution in [0, 0.1) is 0 Å². The zero-order valence-electron chi connectivity index (χ0n) is 17.2. The largest absolute Gasteiger partial charge is 0.495 e. The van der Waals surface area contributed by atoms with Crippen LogP contribution in [0.15, 0.2) is 42.5 Å². The molecule has 2 aromatic carbocycles. The molecule has 0 aliphatic rings. The van der Waals surface area contributed by atoms with Crippen molar-refractivity contribution in [3.05, 3.63) is 48.0 Å². The number of amides is 1. The molecule has 0 aliphatic heterocycles. The smallest absolute Gasteiger partial charge is 0.241 e. The molecule has 0 fully saturated rings. The van der Waals surface area contributed by atoms with E-state index in [1.807, 2.05) is 70.2 Å². The number of carbonyl (C=O) groups is 1. The second kappa shape index (κ2) is 10.6. The Morgan fingerprint density at radius 2 is 1.64 bits per heavy atom. The van der Waals surface area contributed by atoms with Gasteiger partial charge in [-0.05, 0) is 57.5 Å². The summed E-state index contributed by atoms with van der Waals surface area (Å²) < 4.78 is 16.6. The van der Waals surface area contributed by atoms with Gasteiger partial charge in [-0.1, -0.05) is 18.2 Å². The number of ether oxygens (including phenoxy) is 3. The molecule has 152 valence electrons. The minimum Gasteiger partial charge on any atom is -0.495 e. The monoisotopic (exact) mass is 386 g/mol. The zero-order chi connectivity index (χ0) is 20.5. The molecule has 0 aromatic heterocycles. The highest BCUT2D eigenvalue weighted by Gasteiger charge is 2.19. The van der Waals surface area contributed by atoms with E-state index in [2.05, 4.69) is 10.6 Å². The maximum Gasteiger partial charge on any atom is 0.241 e. The van der Waals surface area contributed by atoms with Crippen molar-refractivity contribution in [2.75, 3.05) is 25.6 Å². The van der Waals surface area contributed by atoms with Crippen LogP contribution >= 0.6 is 0 Å². The fraction of sp³-hybridized carbons (Fsp3) is 0.409. The molecule has 6 heteroatoms. The third-order valence-corrected chi connectivity index (χ3v) is 4.33. The normalized spacial score (nSPS) is 12.8. The number of methoxy groups -OCH3 is 1. The molecule has 0 spiro atoms. The van der Waals surface area contributed by atoms with Crippen LogP contribution in [0.2, 0.25) is 0 Å². The van der Waals surface area contributed by atoms with E-state index in [1.165, 1.54) is 0 Å². The van der Waals surface area contributed by atoms with Gasteiger partial charge in [-0.2, -0.15) is 0 Å². The molecule has 0 bridgehead atoms. The van der Waals surface area contributed by atoms with Gasteiger partial charge in [-0.15, -0.1) is 0 Å². The van der Waals surface area contributed by atoms with Crippen LogP contribution in [-0.2, 0) is 4.79 Å². The van der Waals surface area contributed by atoms with E-state index in [0.29, 0.717) is 30.4 Å². The molecular formula is C22H30N2O4. The molecule has 0 saturated carbocycles. The van der Waals surface area contributed by atoms with Crippen molar-refractivity contribution < 1.29 is 19.0 Å². The first kappa shape index (κ1) is 21.6. The highest BCUT2D eigenvalue weighted by atomic mass is 16.5. The summed E-state index contributed by atoms with van der Waals surface area (Å²) in [6.07, 6.45) is 0. The zero-order valence-corrected chi connectivity index (χ0v) is 17.2. The number of hydrogen-bond acceptors (Lipinski definition) is 5. The summed E-state index contributed by atoms with van der Waals surface area (Å²) in [4.78, 5) is 12.6. The Morgan fingerprint density at radius 1 is 0.964 bits per heavy atom. The third kappa shape index (κ3) is 5.63. The van der Waals surface area contributed by atoms with E-state index in [4.69, 9.17) is 14.2 Å². The lowest BCUT2D eigenvalue weighted by atomic mass is 10.1. The van der Waals surface area contributed by atoms with Crippen LogP contribution in [0.1, 0.15) is 39.3 Å². The minimum absolute atomic E-state index is 0.0479. The second-order valence-corrected chi connectivity index (χ2v) is 6.37. The van der Waals surface area contributed by atoms with Gasteiger partial charge in [0.15, 0.2) is 11.5 Å². The molecule has 1 amide bonds.